The van der Waals surface area contributed by atoms with E-state index in [0.717, 1.165) is 0 Å². The van der Waals surface area contributed by atoms with Crippen LogP contribution in [0, 0.1) is 11.3 Å². The van der Waals surface area contributed by atoms with Gasteiger partial charge in [-0.3, -0.25) is 0 Å². The Morgan fingerprint density at radius 1 is 1.62 bits per heavy atom. The molecule has 1 aromatic carbocycles. The summed E-state index contributed by atoms with van der Waals surface area (Å²) in [6, 6.07) is 6.25. The topological polar surface area (TPSA) is 70.3 Å². The molecule has 0 amide bonds. The minimum Gasteiger partial charge on any atom is -0.494 e. The van der Waals surface area contributed by atoms with Crippen molar-refractivity contribution < 1.29 is 14.6 Å². The zero-order valence-corrected chi connectivity index (χ0v) is 6.94. The van der Waals surface area contributed by atoms with Crippen LogP contribution in [0.1, 0.15) is 15.9 Å². The number of ether oxygens (including phenoxy) is 1. The van der Waals surface area contributed by atoms with Crippen LogP contribution in [0.2, 0.25) is 0 Å². The van der Waals surface area contributed by atoms with Crippen molar-refractivity contribution in [3.8, 4) is 11.8 Å². The van der Waals surface area contributed by atoms with Crippen LogP contribution in [0.15, 0.2) is 18.2 Å². The van der Waals surface area contributed by atoms with Crippen LogP contribution in [-0.2, 0) is 0 Å². The van der Waals surface area contributed by atoms with Gasteiger partial charge in [0.05, 0.1) is 12.7 Å². The lowest BCUT2D eigenvalue weighted by Crippen LogP contribution is -2.01. The molecule has 0 aliphatic heterocycles. The smallest absolute Gasteiger partial charge is 0.339 e. The third kappa shape index (κ3) is 1.59. The molecule has 0 radical (unpaired) electrons. The summed E-state index contributed by atoms with van der Waals surface area (Å²) in [5.74, 6) is -0.994. The van der Waals surface area contributed by atoms with E-state index in [2.05, 4.69) is 0 Å². The first kappa shape index (κ1) is 9.07. The molecule has 0 aliphatic rings. The number of para-hydroxylation sites is 1. The van der Waals surface area contributed by atoms with E-state index in [1.54, 1.807) is 0 Å². The molecule has 0 aliphatic carbocycles. The van der Waals surface area contributed by atoms with Gasteiger partial charge in [-0.25, -0.2) is 4.79 Å². The van der Waals surface area contributed by atoms with E-state index in [1.165, 1.54) is 25.3 Å². The van der Waals surface area contributed by atoms with Crippen LogP contribution in [0.25, 0.3) is 0 Å². The Bertz CT molecular complexity index is 379. The molecule has 0 saturated heterocycles. The molecule has 0 saturated carbocycles. The Labute approximate surface area is 75.0 Å². The van der Waals surface area contributed by atoms with Gasteiger partial charge >= 0.3 is 5.97 Å². The second kappa shape index (κ2) is 3.59. The van der Waals surface area contributed by atoms with Crippen molar-refractivity contribution in [2.24, 2.45) is 0 Å². The minimum absolute atomic E-state index is 0.00144. The molecule has 66 valence electrons. The fraction of sp³-hybridized carbons (Fsp3) is 0.111. The van der Waals surface area contributed by atoms with Gasteiger partial charge in [0.25, 0.3) is 0 Å². The summed E-state index contributed by atoms with van der Waals surface area (Å²) in [4.78, 5) is 10.7. The number of hydrogen-bond donors (Lipinski definition) is 1. The number of nitriles is 1. The quantitative estimate of drug-likeness (QED) is 0.738. The first-order chi connectivity index (χ1) is 6.20. The van der Waals surface area contributed by atoms with Crippen LogP contribution in [0.3, 0.4) is 0 Å². The number of aromatic carboxylic acids is 1. The van der Waals surface area contributed by atoms with Gasteiger partial charge in [-0.15, -0.1) is 0 Å². The summed E-state index contributed by atoms with van der Waals surface area (Å²) in [6.07, 6.45) is 0. The first-order valence-corrected chi connectivity index (χ1v) is 3.51. The highest BCUT2D eigenvalue weighted by Crippen LogP contribution is 2.22. The van der Waals surface area contributed by atoms with E-state index < -0.39 is 5.97 Å². The molecule has 1 rings (SSSR count). The van der Waals surface area contributed by atoms with Crippen LogP contribution in [-0.4, -0.2) is 18.2 Å². The predicted octanol–water partition coefficient (Wildman–Crippen LogP) is 1.27. The summed E-state index contributed by atoms with van der Waals surface area (Å²) < 4.78 is 4.83. The Hall–Kier alpha value is -2.02. The van der Waals surface area contributed by atoms with Gasteiger partial charge in [0.1, 0.15) is 11.6 Å². The van der Waals surface area contributed by atoms with Gasteiger partial charge in [0.2, 0.25) is 0 Å². The van der Waals surface area contributed by atoms with Crippen molar-refractivity contribution in [3.63, 3.8) is 0 Å². The Morgan fingerprint density at radius 2 is 2.31 bits per heavy atom. The molecular weight excluding hydrogens is 170 g/mol. The highest BCUT2D eigenvalue weighted by atomic mass is 16.5. The number of carboxylic acid groups (broad SMARTS) is 1. The summed E-state index contributed by atoms with van der Waals surface area (Å²) in [5, 5.41) is 17.4. The number of carbonyl (C=O) groups is 1. The lowest BCUT2D eigenvalue weighted by atomic mass is 10.1. The van der Waals surface area contributed by atoms with Crippen LogP contribution in [0.5, 0.6) is 5.75 Å². The Morgan fingerprint density at radius 3 is 2.77 bits per heavy atom. The largest absolute Gasteiger partial charge is 0.494 e. The monoisotopic (exact) mass is 177 g/mol. The number of methoxy groups -OCH3 is 1. The molecule has 1 aromatic rings. The number of benzene rings is 1. The molecule has 0 atom stereocenters. The predicted molar refractivity (Wildman–Crippen MR) is 44.7 cm³/mol. The second-order valence-electron chi connectivity index (χ2n) is 2.30. The van der Waals surface area contributed by atoms with E-state index in [-0.39, 0.29) is 16.9 Å². The average molecular weight is 177 g/mol. The van der Waals surface area contributed by atoms with Gasteiger partial charge in [0.15, 0.2) is 5.75 Å². The van der Waals surface area contributed by atoms with Crippen LogP contribution >= 0.6 is 0 Å². The molecule has 0 spiro atoms. The van der Waals surface area contributed by atoms with Gasteiger partial charge in [-0.2, -0.15) is 5.26 Å². The molecule has 1 N–H and O–H groups in total. The number of carboxylic acids is 1. The SMILES string of the molecule is COc1c(C#N)cccc1C(=O)O. The fourth-order valence-corrected chi connectivity index (χ4v) is 1.01. The number of nitrogens with zero attached hydrogens (tertiary/aromatic N) is 1. The number of hydrogen-bond acceptors (Lipinski definition) is 3. The summed E-state index contributed by atoms with van der Waals surface area (Å²) >= 11 is 0. The van der Waals surface area contributed by atoms with Crippen molar-refractivity contribution in [2.75, 3.05) is 7.11 Å². The third-order valence-corrected chi connectivity index (χ3v) is 1.57. The first-order valence-electron chi connectivity index (χ1n) is 3.51. The molecule has 0 unspecified atom stereocenters. The van der Waals surface area contributed by atoms with Crippen molar-refractivity contribution in [1.82, 2.24) is 0 Å². The highest BCUT2D eigenvalue weighted by Gasteiger charge is 2.13. The molecule has 4 heteroatoms. The lowest BCUT2D eigenvalue weighted by Gasteiger charge is -2.05. The third-order valence-electron chi connectivity index (χ3n) is 1.57. The Balaban J connectivity index is 3.38. The molecule has 0 heterocycles. The van der Waals surface area contributed by atoms with Crippen molar-refractivity contribution in [3.05, 3.63) is 29.3 Å². The fourth-order valence-electron chi connectivity index (χ4n) is 1.01. The maximum Gasteiger partial charge on any atom is 0.339 e. The molecule has 0 aromatic heterocycles. The van der Waals surface area contributed by atoms with Gasteiger partial charge < -0.3 is 9.84 Å². The standard InChI is InChI=1S/C9H7NO3/c1-13-8-6(5-10)3-2-4-7(8)9(11)12/h2-4H,1H3,(H,11,12). The molecular formula is C9H7NO3. The van der Waals surface area contributed by atoms with Gasteiger partial charge in [-0.05, 0) is 12.1 Å². The maximum absolute atomic E-state index is 10.7. The number of rotatable bonds is 2. The normalized spacial score (nSPS) is 8.92. The van der Waals surface area contributed by atoms with E-state index >= 15 is 0 Å². The van der Waals surface area contributed by atoms with E-state index in [0.29, 0.717) is 0 Å². The highest BCUT2D eigenvalue weighted by molar-refractivity contribution is 5.91. The molecule has 13 heavy (non-hydrogen) atoms. The summed E-state index contributed by atoms with van der Waals surface area (Å²) in [6.45, 7) is 0. The Kier molecular flexibility index (Phi) is 2.50. The molecule has 0 bridgehead atoms. The van der Waals surface area contributed by atoms with E-state index in [1.807, 2.05) is 6.07 Å². The maximum atomic E-state index is 10.7. The average Bonchev–Trinajstić information content (AvgIpc) is 2.16. The van der Waals surface area contributed by atoms with Crippen LogP contribution in [0.4, 0.5) is 0 Å². The van der Waals surface area contributed by atoms with Crippen LogP contribution < -0.4 is 4.74 Å². The molecule has 0 fully saturated rings. The van der Waals surface area contributed by atoms with Crippen molar-refractivity contribution >= 4 is 5.97 Å². The zero-order valence-electron chi connectivity index (χ0n) is 6.94. The second-order valence-corrected chi connectivity index (χ2v) is 2.30. The summed E-state index contributed by atoms with van der Waals surface area (Å²) in [5.41, 5.74) is 0.226. The lowest BCUT2D eigenvalue weighted by molar-refractivity contribution is 0.0693. The van der Waals surface area contributed by atoms with E-state index in [4.69, 9.17) is 15.1 Å². The zero-order chi connectivity index (χ0) is 9.84. The van der Waals surface area contributed by atoms with E-state index in [9.17, 15) is 4.79 Å². The van der Waals surface area contributed by atoms with Crippen molar-refractivity contribution in [2.45, 2.75) is 0 Å². The summed E-state index contributed by atoms with van der Waals surface area (Å²) in [7, 11) is 1.34. The molecule has 4 nitrogen and oxygen atoms in total. The van der Waals surface area contributed by atoms with Gasteiger partial charge in [-0.1, -0.05) is 6.07 Å². The van der Waals surface area contributed by atoms with Gasteiger partial charge in [0, 0.05) is 0 Å². The minimum atomic E-state index is -1.10. The van der Waals surface area contributed by atoms with Crippen molar-refractivity contribution in [1.29, 1.82) is 5.26 Å².